The zero-order valence-corrected chi connectivity index (χ0v) is 6.94. The van der Waals surface area contributed by atoms with Gasteiger partial charge in [0.1, 0.15) is 0 Å². The van der Waals surface area contributed by atoms with E-state index >= 15 is 0 Å². The van der Waals surface area contributed by atoms with Gasteiger partial charge in [0.2, 0.25) is 0 Å². The van der Waals surface area contributed by atoms with E-state index in [0.717, 1.165) is 32.3 Å². The van der Waals surface area contributed by atoms with Crippen LogP contribution in [0.25, 0.3) is 0 Å². The summed E-state index contributed by atoms with van der Waals surface area (Å²) in [6.45, 7) is 1.02. The zero-order valence-electron chi connectivity index (χ0n) is 6.05. The van der Waals surface area contributed by atoms with Crippen molar-refractivity contribution in [2.45, 2.75) is 31.8 Å². The molecule has 1 saturated carbocycles. The summed E-state index contributed by atoms with van der Waals surface area (Å²) in [6.07, 6.45) is 3.79. The fourth-order valence-electron chi connectivity index (χ4n) is 1.26. The molecule has 1 unspecified atom stereocenters. The molecule has 0 aliphatic heterocycles. The van der Waals surface area contributed by atoms with E-state index < -0.39 is 7.68 Å². The molecule has 0 saturated heterocycles. The van der Waals surface area contributed by atoms with Crippen LogP contribution in [0.15, 0.2) is 0 Å². The first-order chi connectivity index (χ1) is 4.58. The van der Waals surface area contributed by atoms with Crippen LogP contribution in [0, 0.1) is 0 Å². The van der Waals surface area contributed by atoms with Gasteiger partial charge in [-0.05, 0) is 12.8 Å². The Kier molecular flexibility index (Phi) is 2.48. The standard InChI is InChI=1S/C6H12FO2P/c1-10(7,8)9-6-4-2-3-5-6/h6H,2-5H2,1H3. The molecule has 0 spiro atoms. The summed E-state index contributed by atoms with van der Waals surface area (Å²) in [5.41, 5.74) is 0. The van der Waals surface area contributed by atoms with Crippen molar-refractivity contribution < 1.29 is 13.3 Å². The second kappa shape index (κ2) is 3.02. The van der Waals surface area contributed by atoms with Crippen molar-refractivity contribution in [3.8, 4) is 0 Å². The number of hydrogen-bond donors (Lipinski definition) is 0. The topological polar surface area (TPSA) is 26.3 Å². The Morgan fingerprint density at radius 2 is 2.00 bits per heavy atom. The molecule has 1 aliphatic rings. The Morgan fingerprint density at radius 3 is 2.40 bits per heavy atom. The smallest absolute Gasteiger partial charge is 0.302 e. The van der Waals surface area contributed by atoms with Crippen LogP contribution in [0.4, 0.5) is 4.20 Å². The van der Waals surface area contributed by atoms with Gasteiger partial charge in [-0.3, -0.25) is 4.57 Å². The van der Waals surface area contributed by atoms with E-state index in [9.17, 15) is 8.76 Å². The van der Waals surface area contributed by atoms with Gasteiger partial charge in [-0.2, -0.15) is 4.20 Å². The minimum atomic E-state index is -3.71. The molecule has 0 aromatic rings. The lowest BCUT2D eigenvalue weighted by Crippen LogP contribution is -2.02. The quantitative estimate of drug-likeness (QED) is 0.589. The Balaban J connectivity index is 2.31. The molecule has 0 heterocycles. The summed E-state index contributed by atoms with van der Waals surface area (Å²) in [6, 6.07) is 0. The van der Waals surface area contributed by atoms with E-state index in [2.05, 4.69) is 4.52 Å². The molecular formula is C6H12FO2P. The van der Waals surface area contributed by atoms with Gasteiger partial charge in [0.25, 0.3) is 0 Å². The second-order valence-corrected chi connectivity index (χ2v) is 4.46. The summed E-state index contributed by atoms with van der Waals surface area (Å²) < 4.78 is 27.5. The van der Waals surface area contributed by atoms with Gasteiger partial charge in [0.05, 0.1) is 6.10 Å². The predicted octanol–water partition coefficient (Wildman–Crippen LogP) is 2.74. The average molecular weight is 166 g/mol. The Labute approximate surface area is 60.3 Å². The van der Waals surface area contributed by atoms with E-state index in [4.69, 9.17) is 0 Å². The van der Waals surface area contributed by atoms with Crippen molar-refractivity contribution in [1.29, 1.82) is 0 Å². The van der Waals surface area contributed by atoms with Gasteiger partial charge in [-0.15, -0.1) is 0 Å². The third-order valence-electron chi connectivity index (χ3n) is 1.64. The minimum Gasteiger partial charge on any atom is -0.302 e. The first-order valence-corrected chi connectivity index (χ1v) is 5.50. The third-order valence-corrected chi connectivity index (χ3v) is 2.31. The molecule has 60 valence electrons. The van der Waals surface area contributed by atoms with Gasteiger partial charge in [-0.25, -0.2) is 0 Å². The third kappa shape index (κ3) is 2.80. The van der Waals surface area contributed by atoms with Crippen LogP contribution in [0.1, 0.15) is 25.7 Å². The summed E-state index contributed by atoms with van der Waals surface area (Å²) in [5, 5.41) is 0. The van der Waals surface area contributed by atoms with Gasteiger partial charge in [0, 0.05) is 6.66 Å². The monoisotopic (exact) mass is 166 g/mol. The normalized spacial score (nSPS) is 26.6. The van der Waals surface area contributed by atoms with E-state index in [-0.39, 0.29) is 6.10 Å². The molecular weight excluding hydrogens is 154 g/mol. The lowest BCUT2D eigenvalue weighted by Gasteiger charge is -2.10. The van der Waals surface area contributed by atoms with E-state index in [1.807, 2.05) is 0 Å². The largest absolute Gasteiger partial charge is 0.364 e. The molecule has 0 aromatic heterocycles. The molecule has 10 heavy (non-hydrogen) atoms. The molecule has 1 atom stereocenters. The number of hydrogen-bond acceptors (Lipinski definition) is 2. The lowest BCUT2D eigenvalue weighted by atomic mass is 10.3. The van der Waals surface area contributed by atoms with Gasteiger partial charge in [-0.1, -0.05) is 12.8 Å². The SMILES string of the molecule is CP(=O)(F)OC1CCCC1. The predicted molar refractivity (Wildman–Crippen MR) is 38.0 cm³/mol. The molecule has 0 amide bonds. The number of rotatable bonds is 2. The van der Waals surface area contributed by atoms with Crippen LogP contribution < -0.4 is 0 Å². The van der Waals surface area contributed by atoms with Crippen LogP contribution in [0.3, 0.4) is 0 Å². The highest BCUT2D eigenvalue weighted by molar-refractivity contribution is 7.52. The maximum absolute atomic E-state index is 12.4. The first-order valence-electron chi connectivity index (χ1n) is 3.53. The van der Waals surface area contributed by atoms with Crippen molar-refractivity contribution in [3.05, 3.63) is 0 Å². The minimum absolute atomic E-state index is 0.0826. The van der Waals surface area contributed by atoms with E-state index in [1.54, 1.807) is 0 Å². The van der Waals surface area contributed by atoms with E-state index in [0.29, 0.717) is 0 Å². The maximum Gasteiger partial charge on any atom is 0.364 e. The summed E-state index contributed by atoms with van der Waals surface area (Å²) >= 11 is 0. The molecule has 1 rings (SSSR count). The maximum atomic E-state index is 12.4. The van der Waals surface area contributed by atoms with Crippen molar-refractivity contribution in [2.75, 3.05) is 6.66 Å². The van der Waals surface area contributed by atoms with Gasteiger partial charge < -0.3 is 4.52 Å². The molecule has 1 fully saturated rings. The van der Waals surface area contributed by atoms with Crippen LogP contribution >= 0.6 is 7.68 Å². The van der Waals surface area contributed by atoms with Crippen molar-refractivity contribution in [1.82, 2.24) is 0 Å². The average Bonchev–Trinajstić information content (AvgIpc) is 2.12. The molecule has 0 radical (unpaired) electrons. The van der Waals surface area contributed by atoms with Crippen molar-refractivity contribution >= 4 is 7.68 Å². The highest BCUT2D eigenvalue weighted by Gasteiger charge is 2.23. The van der Waals surface area contributed by atoms with Gasteiger partial charge in [0.15, 0.2) is 0 Å². The number of halogens is 1. The zero-order chi connectivity index (χ0) is 7.61. The highest BCUT2D eigenvalue weighted by Crippen LogP contribution is 2.47. The fourth-order valence-corrected chi connectivity index (χ4v) is 2.00. The van der Waals surface area contributed by atoms with Crippen molar-refractivity contribution in [3.63, 3.8) is 0 Å². The summed E-state index contributed by atoms with van der Waals surface area (Å²) in [7, 11) is -3.71. The molecule has 4 heteroatoms. The van der Waals surface area contributed by atoms with Crippen LogP contribution in [0.2, 0.25) is 0 Å². The summed E-state index contributed by atoms with van der Waals surface area (Å²) in [4.78, 5) is 0. The van der Waals surface area contributed by atoms with Crippen molar-refractivity contribution in [2.24, 2.45) is 0 Å². The molecule has 0 aromatic carbocycles. The van der Waals surface area contributed by atoms with Crippen LogP contribution in [-0.4, -0.2) is 12.8 Å². The van der Waals surface area contributed by atoms with Gasteiger partial charge >= 0.3 is 7.68 Å². The Morgan fingerprint density at radius 1 is 1.50 bits per heavy atom. The molecule has 0 bridgehead atoms. The molecule has 1 aliphatic carbocycles. The van der Waals surface area contributed by atoms with Crippen LogP contribution in [0.5, 0.6) is 0 Å². The van der Waals surface area contributed by atoms with Crippen LogP contribution in [-0.2, 0) is 9.09 Å². The lowest BCUT2D eigenvalue weighted by molar-refractivity contribution is 0.198. The Hall–Kier alpha value is 0.120. The fraction of sp³-hybridized carbons (Fsp3) is 1.00. The molecule has 2 nitrogen and oxygen atoms in total. The van der Waals surface area contributed by atoms with E-state index in [1.165, 1.54) is 0 Å². The molecule has 0 N–H and O–H groups in total. The summed E-state index contributed by atoms with van der Waals surface area (Å²) in [5.74, 6) is 0. The first kappa shape index (κ1) is 8.22. The highest BCUT2D eigenvalue weighted by atomic mass is 31.2. The Bertz CT molecular complexity index is 148. The second-order valence-electron chi connectivity index (χ2n) is 2.76.